The number of aliphatic hydroxyl groups excluding tert-OH is 1. The Morgan fingerprint density at radius 3 is 2.82 bits per heavy atom. The number of carbonyl (C=O) groups is 1. The van der Waals surface area contributed by atoms with Gasteiger partial charge in [0, 0.05) is 12.6 Å². The molecule has 0 bridgehead atoms. The molecule has 2 rings (SSSR count). The van der Waals surface area contributed by atoms with Crippen LogP contribution in [0.25, 0.3) is 0 Å². The molecule has 1 amide bonds. The highest BCUT2D eigenvalue weighted by molar-refractivity contribution is 5.76. The minimum atomic E-state index is -0.592. The summed E-state index contributed by atoms with van der Waals surface area (Å²) >= 11 is 0. The Kier molecular flexibility index (Phi) is 5.88. The topological polar surface area (TPSA) is 110 Å². The van der Waals surface area contributed by atoms with Crippen molar-refractivity contribution in [2.45, 2.75) is 51.1 Å². The fraction of sp³-hybridized carbons (Fsp3) is 0.714. The van der Waals surface area contributed by atoms with E-state index in [0.717, 1.165) is 25.7 Å². The fourth-order valence-electron chi connectivity index (χ4n) is 3.04. The number of amides is 1. The smallest absolute Gasteiger partial charge is 0.389 e. The van der Waals surface area contributed by atoms with Crippen LogP contribution in [0, 0.1) is 16.0 Å². The van der Waals surface area contributed by atoms with E-state index in [4.69, 9.17) is 0 Å². The summed E-state index contributed by atoms with van der Waals surface area (Å²) in [5.41, 5.74) is 0. The van der Waals surface area contributed by atoms with Crippen molar-refractivity contribution in [3.05, 3.63) is 22.4 Å². The van der Waals surface area contributed by atoms with Gasteiger partial charge < -0.3 is 20.5 Å². The Hall–Kier alpha value is -1.96. The number of aromatic nitrogens is 2. The van der Waals surface area contributed by atoms with E-state index in [-0.39, 0.29) is 30.9 Å². The van der Waals surface area contributed by atoms with Crippen molar-refractivity contribution in [1.82, 2.24) is 15.1 Å². The fourth-order valence-corrected chi connectivity index (χ4v) is 3.04. The van der Waals surface area contributed by atoms with E-state index < -0.39 is 4.92 Å². The van der Waals surface area contributed by atoms with Crippen molar-refractivity contribution < 1.29 is 14.8 Å². The van der Waals surface area contributed by atoms with E-state index >= 15 is 0 Å². The molecular formula is C14H22N4O4. The summed E-state index contributed by atoms with van der Waals surface area (Å²) in [6, 6.07) is 1.22. The standard InChI is InChI=1S/C14H22N4O4/c19-9-7-12(11-4-2-1-3-5-11)15-14(20)10-17-8-6-13(16-17)18(21)22/h6,8,11-12,19H,1-5,7,9-10H2,(H,15,20). The Bertz CT molecular complexity index is 511. The zero-order chi connectivity index (χ0) is 15.9. The molecular weight excluding hydrogens is 288 g/mol. The largest absolute Gasteiger partial charge is 0.396 e. The molecule has 1 fully saturated rings. The van der Waals surface area contributed by atoms with Crippen LogP contribution in [0.3, 0.4) is 0 Å². The highest BCUT2D eigenvalue weighted by atomic mass is 16.6. The summed E-state index contributed by atoms with van der Waals surface area (Å²) in [7, 11) is 0. The Balaban J connectivity index is 1.90. The highest BCUT2D eigenvalue weighted by Crippen LogP contribution is 2.27. The highest BCUT2D eigenvalue weighted by Gasteiger charge is 2.25. The van der Waals surface area contributed by atoms with Crippen LogP contribution in [-0.2, 0) is 11.3 Å². The van der Waals surface area contributed by atoms with Gasteiger partial charge in [0.1, 0.15) is 6.54 Å². The molecule has 1 aromatic heterocycles. The lowest BCUT2D eigenvalue weighted by Gasteiger charge is -2.30. The van der Waals surface area contributed by atoms with Gasteiger partial charge >= 0.3 is 5.82 Å². The van der Waals surface area contributed by atoms with Gasteiger partial charge in [-0.15, -0.1) is 0 Å². The number of nitrogens with zero attached hydrogens (tertiary/aromatic N) is 3. The lowest BCUT2D eigenvalue weighted by Crippen LogP contribution is -2.43. The van der Waals surface area contributed by atoms with Gasteiger partial charge in [-0.1, -0.05) is 19.3 Å². The molecule has 1 heterocycles. The second kappa shape index (κ2) is 7.88. The summed E-state index contributed by atoms with van der Waals surface area (Å²) < 4.78 is 1.25. The molecule has 1 unspecified atom stereocenters. The third-order valence-corrected chi connectivity index (χ3v) is 4.12. The number of nitrogens with one attached hydrogen (secondary N) is 1. The van der Waals surface area contributed by atoms with E-state index in [9.17, 15) is 20.0 Å². The minimum absolute atomic E-state index is 0.0364. The normalized spacial score (nSPS) is 17.1. The van der Waals surface area contributed by atoms with Crippen LogP contribution in [0.5, 0.6) is 0 Å². The van der Waals surface area contributed by atoms with Gasteiger partial charge in [-0.3, -0.25) is 4.79 Å². The van der Waals surface area contributed by atoms with E-state index in [1.807, 2.05) is 0 Å². The molecule has 8 nitrogen and oxygen atoms in total. The summed E-state index contributed by atoms with van der Waals surface area (Å²) in [5.74, 6) is -0.106. The first-order valence-electron chi connectivity index (χ1n) is 7.68. The van der Waals surface area contributed by atoms with Crippen LogP contribution in [0.2, 0.25) is 0 Å². The first kappa shape index (κ1) is 16.4. The van der Waals surface area contributed by atoms with Crippen molar-refractivity contribution in [2.24, 2.45) is 5.92 Å². The van der Waals surface area contributed by atoms with E-state index in [1.54, 1.807) is 0 Å². The average Bonchev–Trinajstić information content (AvgIpc) is 2.96. The average molecular weight is 310 g/mol. The second-order valence-corrected chi connectivity index (χ2v) is 5.71. The van der Waals surface area contributed by atoms with Crippen LogP contribution in [-0.4, -0.2) is 38.4 Å². The van der Waals surface area contributed by atoms with Gasteiger partial charge in [-0.2, -0.15) is 4.68 Å². The number of aliphatic hydroxyl groups is 1. The van der Waals surface area contributed by atoms with Crippen molar-refractivity contribution in [3.8, 4) is 0 Å². The second-order valence-electron chi connectivity index (χ2n) is 5.71. The van der Waals surface area contributed by atoms with Gasteiger partial charge in [0.2, 0.25) is 5.91 Å². The van der Waals surface area contributed by atoms with Gasteiger partial charge in [0.25, 0.3) is 0 Å². The van der Waals surface area contributed by atoms with E-state index in [0.29, 0.717) is 12.3 Å². The third kappa shape index (κ3) is 4.52. The van der Waals surface area contributed by atoms with Crippen molar-refractivity contribution in [2.75, 3.05) is 6.61 Å². The van der Waals surface area contributed by atoms with Crippen LogP contribution < -0.4 is 5.32 Å². The van der Waals surface area contributed by atoms with Gasteiger partial charge in [-0.05, 0) is 30.1 Å². The molecule has 8 heteroatoms. The Morgan fingerprint density at radius 1 is 1.50 bits per heavy atom. The monoisotopic (exact) mass is 310 g/mol. The molecule has 1 saturated carbocycles. The first-order valence-corrected chi connectivity index (χ1v) is 7.68. The molecule has 22 heavy (non-hydrogen) atoms. The number of carbonyl (C=O) groups excluding carboxylic acids is 1. The van der Waals surface area contributed by atoms with E-state index in [1.165, 1.54) is 23.4 Å². The number of hydrogen-bond donors (Lipinski definition) is 2. The van der Waals surface area contributed by atoms with Crippen LogP contribution in [0.15, 0.2) is 12.3 Å². The molecule has 1 aliphatic carbocycles. The Labute approximate surface area is 128 Å². The molecule has 122 valence electrons. The molecule has 1 atom stereocenters. The number of rotatable bonds is 7. The van der Waals surface area contributed by atoms with Gasteiger partial charge in [0.05, 0.1) is 17.4 Å². The molecule has 1 aliphatic rings. The predicted octanol–water partition coefficient (Wildman–Crippen LogP) is 1.24. The van der Waals surface area contributed by atoms with Crippen molar-refractivity contribution in [3.63, 3.8) is 0 Å². The summed E-state index contributed by atoms with van der Waals surface area (Å²) in [6.07, 6.45) is 7.64. The van der Waals surface area contributed by atoms with Crippen LogP contribution >= 0.6 is 0 Å². The summed E-state index contributed by atoms with van der Waals surface area (Å²) in [5, 5.41) is 26.4. The Morgan fingerprint density at radius 2 is 2.23 bits per heavy atom. The van der Waals surface area contributed by atoms with Crippen molar-refractivity contribution >= 4 is 11.7 Å². The zero-order valence-electron chi connectivity index (χ0n) is 12.5. The van der Waals surface area contributed by atoms with Gasteiger partial charge in [-0.25, -0.2) is 0 Å². The molecule has 0 aromatic carbocycles. The first-order chi connectivity index (χ1) is 10.6. The minimum Gasteiger partial charge on any atom is -0.396 e. The maximum atomic E-state index is 12.1. The lowest BCUT2D eigenvalue weighted by molar-refractivity contribution is -0.389. The molecule has 2 N–H and O–H groups in total. The predicted molar refractivity (Wildman–Crippen MR) is 79.1 cm³/mol. The molecule has 0 radical (unpaired) electrons. The zero-order valence-corrected chi connectivity index (χ0v) is 12.5. The van der Waals surface area contributed by atoms with Gasteiger partial charge in [0.15, 0.2) is 0 Å². The quantitative estimate of drug-likeness (QED) is 0.581. The maximum absolute atomic E-state index is 12.1. The van der Waals surface area contributed by atoms with Crippen LogP contribution in [0.1, 0.15) is 38.5 Å². The summed E-state index contributed by atoms with van der Waals surface area (Å²) in [6.45, 7) is -0.0167. The maximum Gasteiger partial charge on any atom is 0.389 e. The van der Waals surface area contributed by atoms with Crippen LogP contribution in [0.4, 0.5) is 5.82 Å². The lowest BCUT2D eigenvalue weighted by atomic mass is 9.82. The number of hydrogen-bond acceptors (Lipinski definition) is 5. The molecule has 1 aromatic rings. The van der Waals surface area contributed by atoms with E-state index in [2.05, 4.69) is 10.4 Å². The number of nitro groups is 1. The third-order valence-electron chi connectivity index (χ3n) is 4.12. The molecule has 0 aliphatic heterocycles. The molecule has 0 spiro atoms. The molecule has 0 saturated heterocycles. The van der Waals surface area contributed by atoms with Crippen molar-refractivity contribution in [1.29, 1.82) is 0 Å². The SMILES string of the molecule is O=C(Cn1ccc([N+](=O)[O-])n1)NC(CCO)C1CCCCC1. The summed E-state index contributed by atoms with van der Waals surface area (Å²) in [4.78, 5) is 22.1.